The zero-order valence-electron chi connectivity index (χ0n) is 16.7. The summed E-state index contributed by atoms with van der Waals surface area (Å²) < 4.78 is 21.6. The van der Waals surface area contributed by atoms with Gasteiger partial charge in [-0.05, 0) is 41.1 Å². The molecular formula is C24H18N2O5. The SMILES string of the molecule is COc1cccc(-c2nc(COC(=O)Cc3cc4c(ccc5ccccc54)o3)no2)c1. The Morgan fingerprint density at radius 1 is 1.00 bits per heavy atom. The van der Waals surface area contributed by atoms with E-state index in [0.717, 1.165) is 27.3 Å². The van der Waals surface area contributed by atoms with Gasteiger partial charge < -0.3 is 18.4 Å². The van der Waals surface area contributed by atoms with Crippen LogP contribution in [0.4, 0.5) is 0 Å². The summed E-state index contributed by atoms with van der Waals surface area (Å²) >= 11 is 0. The van der Waals surface area contributed by atoms with Crippen molar-refractivity contribution in [3.05, 3.63) is 78.3 Å². The number of fused-ring (bicyclic) bond motifs is 3. The van der Waals surface area contributed by atoms with Crippen molar-refractivity contribution >= 4 is 27.7 Å². The molecule has 2 aromatic heterocycles. The zero-order chi connectivity index (χ0) is 21.2. The topological polar surface area (TPSA) is 87.6 Å². The van der Waals surface area contributed by atoms with E-state index in [4.69, 9.17) is 18.4 Å². The highest BCUT2D eigenvalue weighted by Crippen LogP contribution is 2.28. The number of esters is 1. The van der Waals surface area contributed by atoms with Gasteiger partial charge >= 0.3 is 5.97 Å². The van der Waals surface area contributed by atoms with Gasteiger partial charge in [0.05, 0.1) is 7.11 Å². The maximum atomic E-state index is 12.3. The number of hydrogen-bond donors (Lipinski definition) is 0. The molecule has 0 atom stereocenters. The van der Waals surface area contributed by atoms with Crippen LogP contribution in [0.3, 0.4) is 0 Å². The molecule has 0 spiro atoms. The van der Waals surface area contributed by atoms with E-state index >= 15 is 0 Å². The fraction of sp³-hybridized carbons (Fsp3) is 0.125. The molecular weight excluding hydrogens is 396 g/mol. The predicted molar refractivity (Wildman–Crippen MR) is 114 cm³/mol. The zero-order valence-corrected chi connectivity index (χ0v) is 16.7. The number of nitrogens with zero attached hydrogens (tertiary/aromatic N) is 2. The highest BCUT2D eigenvalue weighted by Gasteiger charge is 2.15. The van der Waals surface area contributed by atoms with Crippen molar-refractivity contribution in [2.75, 3.05) is 7.11 Å². The standard InChI is InChI=1S/C24H18N2O5/c1-28-17-7-4-6-16(11-17)24-25-22(26-31-24)14-29-23(27)13-18-12-20-19-8-3-2-5-15(19)9-10-21(20)30-18/h2-12H,13-14H2,1H3. The van der Waals surface area contributed by atoms with Crippen LogP contribution in [0, 0.1) is 0 Å². The fourth-order valence-electron chi connectivity index (χ4n) is 3.46. The van der Waals surface area contributed by atoms with E-state index in [1.807, 2.05) is 60.7 Å². The lowest BCUT2D eigenvalue weighted by Gasteiger charge is -2.00. The molecule has 31 heavy (non-hydrogen) atoms. The molecule has 0 aliphatic carbocycles. The third kappa shape index (κ3) is 3.85. The number of carbonyl (C=O) groups excluding carboxylic acids is 1. The number of carbonyl (C=O) groups is 1. The van der Waals surface area contributed by atoms with Crippen LogP contribution in [0.25, 0.3) is 33.2 Å². The van der Waals surface area contributed by atoms with Crippen LogP contribution < -0.4 is 4.74 Å². The Kier molecular flexibility index (Phi) is 4.84. The first-order valence-electron chi connectivity index (χ1n) is 9.72. The predicted octanol–water partition coefficient (Wildman–Crippen LogP) is 4.93. The highest BCUT2D eigenvalue weighted by atomic mass is 16.5. The molecule has 0 amide bonds. The Morgan fingerprint density at radius 3 is 2.81 bits per heavy atom. The van der Waals surface area contributed by atoms with E-state index in [0.29, 0.717) is 17.4 Å². The van der Waals surface area contributed by atoms with Crippen LogP contribution in [0.5, 0.6) is 5.75 Å². The van der Waals surface area contributed by atoms with Crippen LogP contribution in [0.1, 0.15) is 11.6 Å². The van der Waals surface area contributed by atoms with E-state index in [1.54, 1.807) is 13.2 Å². The fourth-order valence-corrected chi connectivity index (χ4v) is 3.46. The van der Waals surface area contributed by atoms with E-state index in [1.165, 1.54) is 0 Å². The molecule has 0 saturated carbocycles. The molecule has 0 radical (unpaired) electrons. The largest absolute Gasteiger partial charge is 0.497 e. The molecule has 2 heterocycles. The number of rotatable bonds is 6. The van der Waals surface area contributed by atoms with Crippen molar-refractivity contribution in [2.45, 2.75) is 13.0 Å². The first-order valence-corrected chi connectivity index (χ1v) is 9.72. The Bertz CT molecular complexity index is 1390. The summed E-state index contributed by atoms with van der Waals surface area (Å²) in [6.07, 6.45) is 0.0175. The molecule has 0 aliphatic rings. The molecule has 5 rings (SSSR count). The van der Waals surface area contributed by atoms with Gasteiger partial charge in [0, 0.05) is 10.9 Å². The third-order valence-corrected chi connectivity index (χ3v) is 4.94. The van der Waals surface area contributed by atoms with Gasteiger partial charge in [0.15, 0.2) is 6.61 Å². The van der Waals surface area contributed by atoms with Crippen LogP contribution in [-0.2, 0) is 22.6 Å². The van der Waals surface area contributed by atoms with Crippen LogP contribution >= 0.6 is 0 Å². The van der Waals surface area contributed by atoms with Gasteiger partial charge in [0.1, 0.15) is 23.5 Å². The second kappa shape index (κ2) is 7.95. The first kappa shape index (κ1) is 18.9. The number of furan rings is 1. The summed E-state index contributed by atoms with van der Waals surface area (Å²) in [7, 11) is 1.59. The summed E-state index contributed by atoms with van der Waals surface area (Å²) in [5, 5.41) is 7.05. The summed E-state index contributed by atoms with van der Waals surface area (Å²) in [5.41, 5.74) is 1.46. The van der Waals surface area contributed by atoms with Crippen molar-refractivity contribution in [1.29, 1.82) is 0 Å². The van der Waals surface area contributed by atoms with Crippen molar-refractivity contribution in [1.82, 2.24) is 10.1 Å². The second-order valence-corrected chi connectivity index (χ2v) is 7.00. The normalized spacial score (nSPS) is 11.1. The quantitative estimate of drug-likeness (QED) is 0.364. The van der Waals surface area contributed by atoms with E-state index in [-0.39, 0.29) is 18.9 Å². The molecule has 0 N–H and O–H groups in total. The number of hydrogen-bond acceptors (Lipinski definition) is 7. The van der Waals surface area contributed by atoms with Crippen molar-refractivity contribution in [3.63, 3.8) is 0 Å². The number of methoxy groups -OCH3 is 1. The minimum atomic E-state index is -0.434. The molecule has 7 nitrogen and oxygen atoms in total. The number of ether oxygens (including phenoxy) is 2. The highest BCUT2D eigenvalue weighted by molar-refractivity contribution is 6.06. The smallest absolute Gasteiger partial charge is 0.313 e. The van der Waals surface area contributed by atoms with Crippen molar-refractivity contribution in [3.8, 4) is 17.2 Å². The second-order valence-electron chi connectivity index (χ2n) is 7.00. The Balaban J connectivity index is 1.25. The molecule has 154 valence electrons. The average molecular weight is 414 g/mol. The summed E-state index contributed by atoms with van der Waals surface area (Å²) in [6.45, 7) is -0.0878. The van der Waals surface area contributed by atoms with Gasteiger partial charge in [-0.15, -0.1) is 0 Å². The molecule has 0 aliphatic heterocycles. The molecule has 0 bridgehead atoms. The lowest BCUT2D eigenvalue weighted by atomic mass is 10.1. The maximum Gasteiger partial charge on any atom is 0.313 e. The van der Waals surface area contributed by atoms with Gasteiger partial charge in [0.2, 0.25) is 5.82 Å². The van der Waals surface area contributed by atoms with Crippen LogP contribution in [-0.4, -0.2) is 23.2 Å². The number of aromatic nitrogens is 2. The molecule has 5 aromatic rings. The molecule has 7 heteroatoms. The molecule has 0 unspecified atom stereocenters. The Labute approximate surface area is 177 Å². The molecule has 3 aromatic carbocycles. The van der Waals surface area contributed by atoms with Gasteiger partial charge in [0.25, 0.3) is 5.89 Å². The summed E-state index contributed by atoms with van der Waals surface area (Å²) in [4.78, 5) is 16.6. The van der Waals surface area contributed by atoms with Crippen molar-refractivity contribution < 1.29 is 23.2 Å². The van der Waals surface area contributed by atoms with Crippen molar-refractivity contribution in [2.24, 2.45) is 0 Å². The van der Waals surface area contributed by atoms with Gasteiger partial charge in [-0.1, -0.05) is 41.6 Å². The van der Waals surface area contributed by atoms with Crippen LogP contribution in [0.15, 0.2) is 75.7 Å². The van der Waals surface area contributed by atoms with E-state index in [9.17, 15) is 4.79 Å². The van der Waals surface area contributed by atoms with E-state index < -0.39 is 5.97 Å². The monoisotopic (exact) mass is 414 g/mol. The summed E-state index contributed by atoms with van der Waals surface area (Å²) in [6, 6.07) is 21.1. The summed E-state index contributed by atoms with van der Waals surface area (Å²) in [5.74, 6) is 1.40. The average Bonchev–Trinajstić information content (AvgIpc) is 3.44. The lowest BCUT2D eigenvalue weighted by molar-refractivity contribution is -0.144. The van der Waals surface area contributed by atoms with E-state index in [2.05, 4.69) is 10.1 Å². The Morgan fingerprint density at radius 2 is 1.90 bits per heavy atom. The van der Waals surface area contributed by atoms with Gasteiger partial charge in [-0.2, -0.15) is 4.98 Å². The maximum absolute atomic E-state index is 12.3. The molecule has 0 fully saturated rings. The lowest BCUT2D eigenvalue weighted by Crippen LogP contribution is -2.08. The number of benzene rings is 3. The minimum absolute atomic E-state index is 0.0175. The molecule has 0 saturated heterocycles. The third-order valence-electron chi connectivity index (χ3n) is 4.94. The Hall–Kier alpha value is -4.13. The minimum Gasteiger partial charge on any atom is -0.497 e. The van der Waals surface area contributed by atoms with Gasteiger partial charge in [-0.3, -0.25) is 4.79 Å². The first-order chi connectivity index (χ1) is 15.2. The van der Waals surface area contributed by atoms with Crippen LogP contribution in [0.2, 0.25) is 0 Å². The van der Waals surface area contributed by atoms with Gasteiger partial charge in [-0.25, -0.2) is 0 Å².